The molecule has 106 valence electrons. The maximum atomic E-state index is 3.15. The van der Waals surface area contributed by atoms with Crippen molar-refractivity contribution < 1.29 is 0 Å². The molecule has 0 spiro atoms. The number of rotatable bonds is 12. The second-order valence-electron chi connectivity index (χ2n) is 5.53. The lowest BCUT2D eigenvalue weighted by Crippen LogP contribution is -2.00. The molecule has 0 saturated carbocycles. The first kappa shape index (κ1) is 17.6. The third-order valence-electron chi connectivity index (χ3n) is 3.75. The highest BCUT2D eigenvalue weighted by atomic mass is 14.1. The lowest BCUT2D eigenvalue weighted by molar-refractivity contribution is 0.383. The van der Waals surface area contributed by atoms with Crippen LogP contribution in [0.2, 0.25) is 0 Å². The minimum Gasteiger partial charge on any atom is -0.107 e. The average molecular weight is 250 g/mol. The van der Waals surface area contributed by atoms with Gasteiger partial charge in [0.1, 0.15) is 0 Å². The second-order valence-corrected chi connectivity index (χ2v) is 5.53. The van der Waals surface area contributed by atoms with E-state index in [4.69, 9.17) is 0 Å². The lowest BCUT2D eigenvalue weighted by atomic mass is 9.91. The monoisotopic (exact) mass is 250 g/mol. The Balaban J connectivity index is 3.38. The maximum Gasteiger partial charge on any atom is 0.00885 e. The quantitative estimate of drug-likeness (QED) is 0.280. The summed E-state index contributed by atoms with van der Waals surface area (Å²) in [6.45, 7) is 6.57. The van der Waals surface area contributed by atoms with Crippen LogP contribution in [0, 0.1) is 17.8 Å². The average Bonchev–Trinajstić information content (AvgIpc) is 2.39. The van der Waals surface area contributed by atoms with Crippen LogP contribution in [-0.4, -0.2) is 0 Å². The molecule has 1 atom stereocenters. The van der Waals surface area contributed by atoms with E-state index in [2.05, 4.69) is 25.7 Å². The highest BCUT2D eigenvalue weighted by Crippen LogP contribution is 2.22. The van der Waals surface area contributed by atoms with Gasteiger partial charge >= 0.3 is 0 Å². The Hall–Kier alpha value is -0.440. The van der Waals surface area contributed by atoms with E-state index in [1.165, 1.54) is 70.6 Å². The predicted molar refractivity (Wildman–Crippen MR) is 83.7 cm³/mol. The molecule has 18 heavy (non-hydrogen) atoms. The molecule has 0 N–H and O–H groups in total. The molecule has 0 nitrogen and oxygen atoms in total. The summed E-state index contributed by atoms with van der Waals surface area (Å²) < 4.78 is 0. The zero-order valence-corrected chi connectivity index (χ0v) is 13.1. The fourth-order valence-electron chi connectivity index (χ4n) is 2.64. The van der Waals surface area contributed by atoms with E-state index in [1.807, 2.05) is 6.92 Å². The summed E-state index contributed by atoms with van der Waals surface area (Å²) in [6.07, 6.45) is 16.6. The molecule has 0 aliphatic heterocycles. The summed E-state index contributed by atoms with van der Waals surface area (Å²) in [5.41, 5.74) is 0. The van der Waals surface area contributed by atoms with Gasteiger partial charge < -0.3 is 0 Å². The fourth-order valence-corrected chi connectivity index (χ4v) is 2.64. The van der Waals surface area contributed by atoms with Crippen LogP contribution in [0.25, 0.3) is 0 Å². The van der Waals surface area contributed by atoms with Gasteiger partial charge in [-0.2, -0.15) is 0 Å². The van der Waals surface area contributed by atoms with Gasteiger partial charge in [-0.3, -0.25) is 0 Å². The first-order chi connectivity index (χ1) is 8.85. The SMILES string of the molecule is CC#CCCCCCCCC(CCC)CCCC. The van der Waals surface area contributed by atoms with Crippen LogP contribution in [0.5, 0.6) is 0 Å². The van der Waals surface area contributed by atoms with Gasteiger partial charge in [0.05, 0.1) is 0 Å². The van der Waals surface area contributed by atoms with Crippen molar-refractivity contribution in [2.75, 3.05) is 0 Å². The zero-order chi connectivity index (χ0) is 13.5. The van der Waals surface area contributed by atoms with E-state index >= 15 is 0 Å². The minimum absolute atomic E-state index is 1.01. The molecule has 0 aromatic heterocycles. The Morgan fingerprint density at radius 3 is 2.06 bits per heavy atom. The van der Waals surface area contributed by atoms with Crippen LogP contribution in [-0.2, 0) is 0 Å². The van der Waals surface area contributed by atoms with Gasteiger partial charge in [0.2, 0.25) is 0 Å². The topological polar surface area (TPSA) is 0 Å². The van der Waals surface area contributed by atoms with Gasteiger partial charge in [-0.15, -0.1) is 11.8 Å². The van der Waals surface area contributed by atoms with Crippen LogP contribution >= 0.6 is 0 Å². The first-order valence-electron chi connectivity index (χ1n) is 8.24. The first-order valence-corrected chi connectivity index (χ1v) is 8.24. The normalized spacial score (nSPS) is 11.9. The lowest BCUT2D eigenvalue weighted by Gasteiger charge is -2.15. The van der Waals surface area contributed by atoms with Crippen molar-refractivity contribution in [1.29, 1.82) is 0 Å². The fraction of sp³-hybridized carbons (Fsp3) is 0.889. The van der Waals surface area contributed by atoms with Gasteiger partial charge in [0, 0.05) is 6.42 Å². The Bertz CT molecular complexity index is 206. The summed E-state index contributed by atoms with van der Waals surface area (Å²) in [5.74, 6) is 7.13. The Morgan fingerprint density at radius 1 is 0.722 bits per heavy atom. The molecule has 0 rings (SSSR count). The van der Waals surface area contributed by atoms with Gasteiger partial charge in [-0.1, -0.05) is 78.1 Å². The highest BCUT2D eigenvalue weighted by molar-refractivity contribution is 4.94. The van der Waals surface area contributed by atoms with Crippen LogP contribution in [0.3, 0.4) is 0 Å². The number of hydrogen-bond donors (Lipinski definition) is 0. The molecule has 0 heterocycles. The van der Waals surface area contributed by atoms with Crippen molar-refractivity contribution in [2.45, 2.75) is 97.8 Å². The highest BCUT2D eigenvalue weighted by Gasteiger charge is 2.06. The number of unbranched alkanes of at least 4 members (excludes halogenated alkanes) is 6. The van der Waals surface area contributed by atoms with Gasteiger partial charge in [0.15, 0.2) is 0 Å². The van der Waals surface area contributed by atoms with E-state index in [0.29, 0.717) is 0 Å². The van der Waals surface area contributed by atoms with Crippen LogP contribution in [0.4, 0.5) is 0 Å². The van der Waals surface area contributed by atoms with Crippen molar-refractivity contribution in [3.63, 3.8) is 0 Å². The number of hydrogen-bond acceptors (Lipinski definition) is 0. The Kier molecular flexibility index (Phi) is 14.3. The summed E-state index contributed by atoms with van der Waals surface area (Å²) in [4.78, 5) is 0. The molecule has 0 aliphatic carbocycles. The summed E-state index contributed by atoms with van der Waals surface area (Å²) in [7, 11) is 0. The van der Waals surface area contributed by atoms with Crippen molar-refractivity contribution in [3.8, 4) is 11.8 Å². The van der Waals surface area contributed by atoms with E-state index < -0.39 is 0 Å². The molecule has 1 unspecified atom stereocenters. The minimum atomic E-state index is 1.01. The molecular weight excluding hydrogens is 216 g/mol. The van der Waals surface area contributed by atoms with Gasteiger partial charge in [-0.05, 0) is 19.3 Å². The van der Waals surface area contributed by atoms with Crippen LogP contribution in [0.15, 0.2) is 0 Å². The van der Waals surface area contributed by atoms with E-state index in [-0.39, 0.29) is 0 Å². The second kappa shape index (κ2) is 14.6. The molecule has 0 saturated heterocycles. The molecule has 0 amide bonds. The van der Waals surface area contributed by atoms with Crippen LogP contribution < -0.4 is 0 Å². The standard InChI is InChI=1S/C18H34/c1-4-7-9-10-11-12-13-14-17-18(15-6-3)16-8-5-2/h18H,5-6,8-17H2,1-3H3. The van der Waals surface area contributed by atoms with Crippen LogP contribution in [0.1, 0.15) is 97.8 Å². The third kappa shape index (κ3) is 12.0. The maximum absolute atomic E-state index is 3.15. The molecule has 0 radical (unpaired) electrons. The molecule has 0 bridgehead atoms. The molecule has 0 aromatic rings. The summed E-state index contributed by atoms with van der Waals surface area (Å²) in [6, 6.07) is 0. The van der Waals surface area contributed by atoms with Crippen molar-refractivity contribution >= 4 is 0 Å². The predicted octanol–water partition coefficient (Wildman–Crippen LogP) is 6.35. The zero-order valence-electron chi connectivity index (χ0n) is 13.1. The summed E-state index contributed by atoms with van der Waals surface area (Å²) in [5, 5.41) is 0. The van der Waals surface area contributed by atoms with Crippen molar-refractivity contribution in [1.82, 2.24) is 0 Å². The molecular formula is C18H34. The molecule has 0 fully saturated rings. The Morgan fingerprint density at radius 2 is 1.39 bits per heavy atom. The van der Waals surface area contributed by atoms with Gasteiger partial charge in [-0.25, -0.2) is 0 Å². The van der Waals surface area contributed by atoms with Gasteiger partial charge in [0.25, 0.3) is 0 Å². The summed E-state index contributed by atoms with van der Waals surface area (Å²) >= 11 is 0. The Labute approximate surface area is 116 Å². The van der Waals surface area contributed by atoms with Crippen molar-refractivity contribution in [3.05, 3.63) is 0 Å². The van der Waals surface area contributed by atoms with E-state index in [1.54, 1.807) is 0 Å². The smallest absolute Gasteiger partial charge is 0.00885 e. The largest absolute Gasteiger partial charge is 0.107 e. The van der Waals surface area contributed by atoms with E-state index in [9.17, 15) is 0 Å². The van der Waals surface area contributed by atoms with Crippen molar-refractivity contribution in [2.24, 2.45) is 5.92 Å². The molecule has 0 aliphatic rings. The third-order valence-corrected chi connectivity index (χ3v) is 3.75. The van der Waals surface area contributed by atoms with E-state index in [0.717, 1.165) is 12.3 Å². The molecule has 0 heteroatoms. The molecule has 0 aromatic carbocycles.